The van der Waals surface area contributed by atoms with E-state index in [9.17, 15) is 14.0 Å². The summed E-state index contributed by atoms with van der Waals surface area (Å²) in [4.78, 5) is 30.7. The largest absolute Gasteiger partial charge is 0.466 e. The molecule has 0 spiro atoms. The number of methoxy groups -OCH3 is 1. The minimum Gasteiger partial charge on any atom is -0.466 e. The Morgan fingerprint density at radius 1 is 1.17 bits per heavy atom. The highest BCUT2D eigenvalue weighted by Crippen LogP contribution is 2.30. The third-order valence-electron chi connectivity index (χ3n) is 4.73. The minimum absolute atomic E-state index is 0.309. The van der Waals surface area contributed by atoms with Gasteiger partial charge in [-0.2, -0.15) is 0 Å². The van der Waals surface area contributed by atoms with Crippen LogP contribution in [0.15, 0.2) is 75.7 Å². The summed E-state index contributed by atoms with van der Waals surface area (Å²) < 4.78 is 20.9. The first-order valence-electron chi connectivity index (χ1n) is 8.91. The van der Waals surface area contributed by atoms with Gasteiger partial charge in [-0.15, -0.1) is 0 Å². The minimum atomic E-state index is -0.664. The lowest BCUT2D eigenvalue weighted by molar-refractivity contribution is -0.136. The Hall–Kier alpha value is -3.32. The molecule has 1 aliphatic heterocycles. The molecule has 1 aliphatic rings. The number of carbonyl (C=O) groups is 1. The molecule has 2 aromatic carbocycles. The molecule has 1 unspecified atom stereocenters. The van der Waals surface area contributed by atoms with Crippen molar-refractivity contribution in [1.29, 1.82) is 0 Å². The van der Waals surface area contributed by atoms with Gasteiger partial charge in [0.25, 0.3) is 5.56 Å². The van der Waals surface area contributed by atoms with E-state index >= 15 is 0 Å². The van der Waals surface area contributed by atoms with Crippen molar-refractivity contribution >= 4 is 23.4 Å². The van der Waals surface area contributed by atoms with E-state index in [2.05, 4.69) is 4.99 Å². The first kappa shape index (κ1) is 19.0. The summed E-state index contributed by atoms with van der Waals surface area (Å²) in [7, 11) is 1.30. The lowest BCUT2D eigenvalue weighted by atomic mass is 9.96. The SMILES string of the molecule is COC(=O)C1=C(C)N=c2s/c(=C/c3ccccc3F)c(=O)n2C1c1ccccc1. The number of nitrogens with zero attached hydrogens (tertiary/aromatic N) is 2. The number of halogens is 1. The van der Waals surface area contributed by atoms with Gasteiger partial charge in [0, 0.05) is 5.56 Å². The van der Waals surface area contributed by atoms with E-state index in [0.717, 1.165) is 16.9 Å². The van der Waals surface area contributed by atoms with Crippen LogP contribution in [0.5, 0.6) is 0 Å². The van der Waals surface area contributed by atoms with Crippen LogP contribution in [0, 0.1) is 5.82 Å². The maximum absolute atomic E-state index is 14.1. The average molecular weight is 408 g/mol. The summed E-state index contributed by atoms with van der Waals surface area (Å²) >= 11 is 1.16. The molecule has 2 heterocycles. The van der Waals surface area contributed by atoms with Crippen LogP contribution in [0.2, 0.25) is 0 Å². The first-order valence-corrected chi connectivity index (χ1v) is 9.73. The first-order chi connectivity index (χ1) is 14.0. The van der Waals surface area contributed by atoms with Crippen molar-refractivity contribution in [3.63, 3.8) is 0 Å². The molecule has 0 saturated carbocycles. The van der Waals surface area contributed by atoms with Crippen molar-refractivity contribution in [2.24, 2.45) is 4.99 Å². The van der Waals surface area contributed by atoms with E-state index in [-0.39, 0.29) is 5.56 Å². The lowest BCUT2D eigenvalue weighted by Gasteiger charge is -2.24. The van der Waals surface area contributed by atoms with Gasteiger partial charge in [-0.25, -0.2) is 14.2 Å². The van der Waals surface area contributed by atoms with Crippen LogP contribution in [0.25, 0.3) is 6.08 Å². The van der Waals surface area contributed by atoms with Gasteiger partial charge in [0.05, 0.1) is 29.0 Å². The Kier molecular flexibility index (Phi) is 4.98. The highest BCUT2D eigenvalue weighted by Gasteiger charge is 2.32. The number of fused-ring (bicyclic) bond motifs is 1. The molecule has 7 heteroatoms. The van der Waals surface area contributed by atoms with Crippen molar-refractivity contribution in [1.82, 2.24) is 4.57 Å². The highest BCUT2D eigenvalue weighted by molar-refractivity contribution is 7.07. The van der Waals surface area contributed by atoms with Crippen LogP contribution in [0.1, 0.15) is 24.1 Å². The van der Waals surface area contributed by atoms with E-state index in [1.54, 1.807) is 25.1 Å². The molecule has 1 atom stereocenters. The van der Waals surface area contributed by atoms with Gasteiger partial charge in [0.15, 0.2) is 4.80 Å². The van der Waals surface area contributed by atoms with Crippen molar-refractivity contribution in [3.05, 3.63) is 102 Å². The van der Waals surface area contributed by atoms with Crippen LogP contribution in [0.3, 0.4) is 0 Å². The summed E-state index contributed by atoms with van der Waals surface area (Å²) in [5.74, 6) is -0.951. The molecule has 3 aromatic rings. The van der Waals surface area contributed by atoms with Crippen molar-refractivity contribution in [2.45, 2.75) is 13.0 Å². The highest BCUT2D eigenvalue weighted by atomic mass is 32.1. The van der Waals surface area contributed by atoms with Crippen molar-refractivity contribution in [3.8, 4) is 0 Å². The molecule has 0 bridgehead atoms. The van der Waals surface area contributed by atoms with Crippen molar-refractivity contribution in [2.75, 3.05) is 7.11 Å². The topological polar surface area (TPSA) is 60.7 Å². The average Bonchev–Trinajstić information content (AvgIpc) is 3.03. The number of hydrogen-bond acceptors (Lipinski definition) is 5. The van der Waals surface area contributed by atoms with E-state index in [1.807, 2.05) is 30.3 Å². The standard InChI is InChI=1S/C22H17FN2O3S/c1-13-18(21(27)28-2)19(14-8-4-3-5-9-14)25-20(26)17(29-22(25)24-13)12-15-10-6-7-11-16(15)23/h3-12,19H,1-2H3/b17-12+. The molecule has 0 amide bonds. The molecule has 0 aliphatic carbocycles. The third kappa shape index (κ3) is 3.34. The number of hydrogen-bond donors (Lipinski definition) is 0. The number of allylic oxidation sites excluding steroid dienone is 1. The number of esters is 1. The number of rotatable bonds is 3. The fraction of sp³-hybridized carbons (Fsp3) is 0.136. The summed E-state index contributed by atoms with van der Waals surface area (Å²) in [6, 6.07) is 14.8. The summed E-state index contributed by atoms with van der Waals surface area (Å²) in [6.45, 7) is 1.72. The normalized spacial score (nSPS) is 16.4. The molecular formula is C22H17FN2O3S. The number of ether oxygens (including phenoxy) is 1. The maximum Gasteiger partial charge on any atom is 0.338 e. The lowest BCUT2D eigenvalue weighted by Crippen LogP contribution is -2.39. The van der Waals surface area contributed by atoms with E-state index in [1.165, 1.54) is 23.8 Å². The summed E-state index contributed by atoms with van der Waals surface area (Å²) in [5.41, 5.74) is 1.55. The Bertz CT molecular complexity index is 1310. The van der Waals surface area contributed by atoms with E-state index in [4.69, 9.17) is 4.74 Å². The molecular weight excluding hydrogens is 391 g/mol. The second kappa shape index (κ2) is 7.60. The van der Waals surface area contributed by atoms with Crippen LogP contribution < -0.4 is 14.9 Å². The van der Waals surface area contributed by atoms with Gasteiger partial charge in [0.1, 0.15) is 5.82 Å². The van der Waals surface area contributed by atoms with Crippen LogP contribution >= 0.6 is 11.3 Å². The fourth-order valence-corrected chi connectivity index (χ4v) is 4.41. The smallest absolute Gasteiger partial charge is 0.338 e. The van der Waals surface area contributed by atoms with Gasteiger partial charge >= 0.3 is 5.97 Å². The molecule has 0 N–H and O–H groups in total. The van der Waals surface area contributed by atoms with Crippen LogP contribution in [-0.2, 0) is 9.53 Å². The predicted octanol–water partition coefficient (Wildman–Crippen LogP) is 2.55. The Morgan fingerprint density at radius 2 is 1.86 bits per heavy atom. The van der Waals surface area contributed by atoms with Crippen molar-refractivity contribution < 1.29 is 13.9 Å². The molecule has 0 fully saturated rings. The molecule has 1 aromatic heterocycles. The van der Waals surface area contributed by atoms with Gasteiger partial charge in [-0.1, -0.05) is 59.9 Å². The number of aromatic nitrogens is 1. The second-order valence-electron chi connectivity index (χ2n) is 6.51. The van der Waals surface area contributed by atoms with Crippen LogP contribution in [-0.4, -0.2) is 17.6 Å². The quantitative estimate of drug-likeness (QED) is 0.626. The van der Waals surface area contributed by atoms with Gasteiger partial charge in [-0.05, 0) is 24.6 Å². The van der Waals surface area contributed by atoms with Gasteiger partial charge in [-0.3, -0.25) is 9.36 Å². The van der Waals surface area contributed by atoms with Gasteiger partial charge in [0.2, 0.25) is 0 Å². The zero-order valence-electron chi connectivity index (χ0n) is 15.8. The Balaban J connectivity index is 2.00. The second-order valence-corrected chi connectivity index (χ2v) is 7.51. The number of benzene rings is 2. The molecule has 146 valence electrons. The van der Waals surface area contributed by atoms with E-state index < -0.39 is 17.8 Å². The number of thiazole rings is 1. The third-order valence-corrected chi connectivity index (χ3v) is 5.72. The number of carbonyl (C=O) groups excluding carboxylic acids is 1. The molecule has 4 rings (SSSR count). The van der Waals surface area contributed by atoms with Gasteiger partial charge < -0.3 is 4.74 Å². The predicted molar refractivity (Wildman–Crippen MR) is 109 cm³/mol. The molecule has 0 radical (unpaired) electrons. The zero-order valence-corrected chi connectivity index (χ0v) is 16.6. The Labute approximate surface area is 169 Å². The monoisotopic (exact) mass is 408 g/mol. The molecule has 29 heavy (non-hydrogen) atoms. The summed E-state index contributed by atoms with van der Waals surface area (Å²) in [6.07, 6.45) is 1.51. The molecule has 5 nitrogen and oxygen atoms in total. The van der Waals surface area contributed by atoms with Crippen LogP contribution in [0.4, 0.5) is 4.39 Å². The maximum atomic E-state index is 14.1. The molecule has 0 saturated heterocycles. The zero-order chi connectivity index (χ0) is 20.5. The van der Waals surface area contributed by atoms with E-state index in [0.29, 0.717) is 26.2 Å². The summed E-state index contributed by atoms with van der Waals surface area (Å²) in [5, 5.41) is 0. The fourth-order valence-electron chi connectivity index (χ4n) is 3.38. The Morgan fingerprint density at radius 3 is 2.55 bits per heavy atom.